The summed E-state index contributed by atoms with van der Waals surface area (Å²) in [6, 6.07) is 8.97. The number of anilines is 1. The molecule has 3 N–H and O–H groups in total. The van der Waals surface area contributed by atoms with E-state index in [4.69, 9.17) is 5.73 Å². The highest BCUT2D eigenvalue weighted by molar-refractivity contribution is 7.91. The van der Waals surface area contributed by atoms with Crippen molar-refractivity contribution in [2.75, 3.05) is 30.5 Å². The van der Waals surface area contributed by atoms with Crippen LogP contribution in [-0.2, 0) is 69.1 Å². The Labute approximate surface area is 317 Å². The summed E-state index contributed by atoms with van der Waals surface area (Å²) in [4.78, 5) is -3.29. The van der Waals surface area contributed by atoms with E-state index in [-0.39, 0.29) is 11.4 Å². The van der Waals surface area contributed by atoms with Crippen molar-refractivity contribution in [1.29, 1.82) is 0 Å². The van der Waals surface area contributed by atoms with Gasteiger partial charge in [-0.15, -0.1) is 10.2 Å². The molecule has 4 rings (SSSR count). The predicted octanol–water partition coefficient (Wildman–Crippen LogP) is 1.27. The topological polar surface area (TPSA) is 411 Å². The summed E-state index contributed by atoms with van der Waals surface area (Å²) in [5.41, 5.74) is 2.91. The van der Waals surface area contributed by atoms with E-state index in [0.717, 1.165) is 48.5 Å². The number of phenols is 1. The third kappa shape index (κ3) is 11.3. The van der Waals surface area contributed by atoms with Crippen LogP contribution in [0.25, 0.3) is 10.8 Å². The van der Waals surface area contributed by atoms with Crippen LogP contribution in [0, 0.1) is 0 Å². The van der Waals surface area contributed by atoms with Crippen LogP contribution in [0.4, 0.5) is 28.4 Å². The Morgan fingerprint density at radius 1 is 0.554 bits per heavy atom. The Balaban J connectivity index is 1.76. The molecule has 0 bridgehead atoms. The third-order valence-corrected chi connectivity index (χ3v) is 12.9. The second-order valence-electron chi connectivity index (χ2n) is 10.7. The second-order valence-corrected chi connectivity index (χ2v) is 19.7. The number of nitrogens with two attached hydrogens (primary N) is 1. The van der Waals surface area contributed by atoms with Crippen LogP contribution in [-0.4, -0.2) is 98.5 Å². The van der Waals surface area contributed by atoms with Gasteiger partial charge in [-0.3, -0.25) is 8.37 Å². The molecule has 30 heteroatoms. The highest BCUT2D eigenvalue weighted by Gasteiger charge is 2.24. The molecule has 0 amide bonds. The van der Waals surface area contributed by atoms with Gasteiger partial charge in [0, 0.05) is 0 Å². The molecule has 56 heavy (non-hydrogen) atoms. The first kappa shape index (κ1) is 44.1. The monoisotopic (exact) mass is 899 g/mol. The van der Waals surface area contributed by atoms with E-state index in [2.05, 4.69) is 28.8 Å². The molecule has 304 valence electrons. The number of hydrogen-bond donors (Lipinski definition) is 2. The molecule has 4 aromatic carbocycles. The zero-order valence-corrected chi connectivity index (χ0v) is 32.1. The zero-order valence-electron chi connectivity index (χ0n) is 27.2. The van der Waals surface area contributed by atoms with Crippen molar-refractivity contribution >= 4 is 99.9 Å². The molecular weight excluding hydrogens is 879 g/mol. The first-order chi connectivity index (χ1) is 25.6. The van der Waals surface area contributed by atoms with E-state index in [1.165, 1.54) is 0 Å². The van der Waals surface area contributed by atoms with Crippen LogP contribution < -0.4 is 5.73 Å². The molecule has 0 heterocycles. The van der Waals surface area contributed by atoms with Gasteiger partial charge in [-0.1, -0.05) is 0 Å². The Hall–Kier alpha value is -4.60. The Kier molecular flexibility index (Phi) is 12.7. The van der Waals surface area contributed by atoms with Gasteiger partial charge >= 0.3 is 0 Å². The number of rotatable bonds is 16. The lowest BCUT2D eigenvalue weighted by Crippen LogP contribution is -2.15. The van der Waals surface area contributed by atoms with Crippen molar-refractivity contribution in [3.05, 3.63) is 60.7 Å². The average Bonchev–Trinajstić information content (AvgIpc) is 3.05. The summed E-state index contributed by atoms with van der Waals surface area (Å²) in [5, 5.41) is 24.6. The first-order valence-corrected chi connectivity index (χ1v) is 23.1. The number of nitrogen functional groups attached to an aromatic ring is 1. The molecule has 4 aromatic rings. The first-order valence-electron chi connectivity index (χ1n) is 14.3. The van der Waals surface area contributed by atoms with Crippen molar-refractivity contribution in [1.82, 2.24) is 0 Å². The SMILES string of the molecule is Nc1c(N=Nc2ccc(S(=O)(=O)CCOS(=O)(=O)[O-])cc2)c(S(=O)(=O)[O-])cc2cc(S(=O)(=O)[O-])c(N=Nc3ccc(S(=O)(=O)CCOS(=O)(=O)[O-])cc3)c(O)c12. The molecule has 0 aromatic heterocycles. The summed E-state index contributed by atoms with van der Waals surface area (Å²) in [5.74, 6) is -3.03. The minimum absolute atomic E-state index is 0.190. The number of nitrogens with zero attached hydrogens (tertiary/aromatic N) is 4. The largest absolute Gasteiger partial charge is 0.744 e. The van der Waals surface area contributed by atoms with Gasteiger partial charge < -0.3 is 29.1 Å². The van der Waals surface area contributed by atoms with Crippen molar-refractivity contribution < 1.29 is 82.2 Å². The van der Waals surface area contributed by atoms with E-state index in [1.807, 2.05) is 0 Å². The van der Waals surface area contributed by atoms with Crippen molar-refractivity contribution in [2.45, 2.75) is 19.6 Å². The lowest BCUT2D eigenvalue weighted by Gasteiger charge is -2.18. The molecule has 0 aliphatic rings. The fraction of sp³-hybridized carbons (Fsp3) is 0.154. The van der Waals surface area contributed by atoms with Gasteiger partial charge in [0.1, 0.15) is 31.6 Å². The normalized spacial score (nSPS) is 13.6. The summed E-state index contributed by atoms with van der Waals surface area (Å²) in [6.45, 7) is -1.97. The standard InChI is InChI=1S/C26H25N5O19S6/c27-23-22-15(13-20(53(37,38)39)24(23)30-28-16-1-5-18(6-2-16)51(33,34)11-9-49-55(43,44)45)14-21(54(40,41)42)25(26(22)32)31-29-17-3-7-19(8-4-17)52(35,36)12-10-50-56(46,47)48/h1-8,13-14,32H,9-12,27H2,(H,37,38,39)(H,40,41,42)(H,43,44,45)(H,46,47,48)/p-4. The van der Waals surface area contributed by atoms with Crippen molar-refractivity contribution in [3.63, 3.8) is 0 Å². The van der Waals surface area contributed by atoms with E-state index in [0.29, 0.717) is 12.1 Å². The Bertz CT molecular complexity index is 2740. The van der Waals surface area contributed by atoms with E-state index < -0.39 is 139 Å². The maximum atomic E-state index is 12.4. The number of fused-ring (bicyclic) bond motifs is 1. The number of phenolic OH excluding ortho intramolecular Hbond substituents is 1. The average molecular weight is 900 g/mol. The fourth-order valence-corrected chi connectivity index (χ4v) is 8.74. The van der Waals surface area contributed by atoms with Gasteiger partial charge in [0.15, 0.2) is 25.4 Å². The molecule has 0 aliphatic carbocycles. The molecule has 0 radical (unpaired) electrons. The van der Waals surface area contributed by atoms with E-state index in [9.17, 15) is 73.8 Å². The summed E-state index contributed by atoms with van der Waals surface area (Å²) >= 11 is 0. The molecule has 0 fully saturated rings. The van der Waals surface area contributed by atoms with Crippen LogP contribution >= 0.6 is 0 Å². The lowest BCUT2D eigenvalue weighted by molar-refractivity contribution is 0.274. The molecule has 0 unspecified atom stereocenters. The van der Waals surface area contributed by atoms with Gasteiger partial charge in [0.25, 0.3) is 0 Å². The van der Waals surface area contributed by atoms with Crippen molar-refractivity contribution in [3.8, 4) is 5.75 Å². The van der Waals surface area contributed by atoms with Crippen LogP contribution in [0.2, 0.25) is 0 Å². The van der Waals surface area contributed by atoms with E-state index >= 15 is 0 Å². The molecule has 0 aliphatic heterocycles. The molecular formula is C26H21N5O19S6-4. The third-order valence-electron chi connectivity index (χ3n) is 6.93. The number of azo groups is 2. The fourth-order valence-electron chi connectivity index (χ4n) is 4.48. The maximum absolute atomic E-state index is 12.4. The lowest BCUT2D eigenvalue weighted by atomic mass is 10.1. The van der Waals surface area contributed by atoms with Crippen LogP contribution in [0.15, 0.2) is 101 Å². The second kappa shape index (κ2) is 16.1. The molecule has 24 nitrogen and oxygen atoms in total. The van der Waals surface area contributed by atoms with E-state index in [1.54, 1.807) is 0 Å². The predicted molar refractivity (Wildman–Crippen MR) is 183 cm³/mol. The minimum Gasteiger partial charge on any atom is -0.744 e. The molecule has 0 atom stereocenters. The molecule has 0 saturated heterocycles. The van der Waals surface area contributed by atoms with Gasteiger partial charge in [-0.05, 0) is 66.0 Å². The number of aromatic hydroxyl groups is 1. The summed E-state index contributed by atoms with van der Waals surface area (Å²) < 4.78 is 194. The number of benzene rings is 4. The smallest absolute Gasteiger partial charge is 0.217 e. The highest BCUT2D eigenvalue weighted by atomic mass is 32.3. The zero-order chi connectivity index (χ0) is 42.1. The molecule has 0 saturated carbocycles. The van der Waals surface area contributed by atoms with Gasteiger partial charge in [0.2, 0.25) is 20.8 Å². The Morgan fingerprint density at radius 3 is 1.27 bits per heavy atom. The number of hydrogen-bond acceptors (Lipinski definition) is 24. The Morgan fingerprint density at radius 2 is 0.911 bits per heavy atom. The van der Waals surface area contributed by atoms with Gasteiger partial charge in [-0.2, -0.15) is 10.2 Å². The molecule has 0 spiro atoms. The quantitative estimate of drug-likeness (QED) is 0.0691. The summed E-state index contributed by atoms with van der Waals surface area (Å²) in [7, 11) is -29.8. The van der Waals surface area contributed by atoms with Crippen LogP contribution in [0.1, 0.15) is 0 Å². The number of sulfone groups is 2. The summed E-state index contributed by atoms with van der Waals surface area (Å²) in [6.07, 6.45) is 0. The van der Waals surface area contributed by atoms with Crippen molar-refractivity contribution in [2.24, 2.45) is 20.5 Å². The maximum Gasteiger partial charge on any atom is 0.217 e. The van der Waals surface area contributed by atoms with Gasteiger partial charge in [-0.25, -0.2) is 50.5 Å². The minimum atomic E-state index is -5.56. The van der Waals surface area contributed by atoms with Gasteiger partial charge in [0.05, 0.1) is 66.7 Å². The van der Waals surface area contributed by atoms with Crippen LogP contribution in [0.5, 0.6) is 5.75 Å². The highest BCUT2D eigenvalue weighted by Crippen LogP contribution is 2.48. The van der Waals surface area contributed by atoms with Crippen LogP contribution in [0.3, 0.4) is 0 Å².